The Bertz CT molecular complexity index is 474. The van der Waals surface area contributed by atoms with Crippen molar-refractivity contribution in [1.29, 1.82) is 0 Å². The molecule has 101 valence electrons. The average molecular weight is 291 g/mol. The van der Waals surface area contributed by atoms with Crippen molar-refractivity contribution in [2.75, 3.05) is 0 Å². The number of ether oxygens (including phenoxy) is 1. The molecule has 1 nitrogen and oxygen atoms in total. The molecule has 0 aromatic rings. The van der Waals surface area contributed by atoms with Crippen LogP contribution < -0.4 is 0 Å². The summed E-state index contributed by atoms with van der Waals surface area (Å²) >= 11 is 2.23. The second-order valence-corrected chi connectivity index (χ2v) is 7.42. The molecule has 1 atom stereocenters. The molecule has 0 fully saturated rings. The van der Waals surface area contributed by atoms with E-state index in [1.54, 1.807) is 0 Å². The topological polar surface area (TPSA) is 9.23 Å². The van der Waals surface area contributed by atoms with Crippen LogP contribution >= 0.6 is 0 Å². The van der Waals surface area contributed by atoms with Gasteiger partial charge in [0.2, 0.25) is 0 Å². The van der Waals surface area contributed by atoms with Gasteiger partial charge in [0.1, 0.15) is 0 Å². The molecule has 2 aliphatic carbocycles. The van der Waals surface area contributed by atoms with E-state index in [0.717, 1.165) is 19.3 Å². The molecule has 0 aromatic heterocycles. The fourth-order valence-corrected chi connectivity index (χ4v) is 3.22. The van der Waals surface area contributed by atoms with Gasteiger partial charge in [-0.25, -0.2) is 0 Å². The third-order valence-electron chi connectivity index (χ3n) is 3.65. The molecule has 0 bridgehead atoms. The molecule has 0 amide bonds. The Morgan fingerprint density at radius 3 is 2.58 bits per heavy atom. The fraction of sp³-hybridized carbons (Fsp3) is 0.529. The van der Waals surface area contributed by atoms with Gasteiger partial charge in [-0.15, -0.1) is 0 Å². The van der Waals surface area contributed by atoms with Crippen LogP contribution in [0.4, 0.5) is 0 Å². The van der Waals surface area contributed by atoms with Gasteiger partial charge < -0.3 is 0 Å². The van der Waals surface area contributed by atoms with Crippen LogP contribution in [0, 0.1) is 0 Å². The summed E-state index contributed by atoms with van der Waals surface area (Å²) in [6, 6.07) is 0. The summed E-state index contributed by atoms with van der Waals surface area (Å²) in [6.07, 6.45) is 14.2. The van der Waals surface area contributed by atoms with Crippen LogP contribution in [0.1, 0.15) is 47.0 Å². The van der Waals surface area contributed by atoms with Crippen LogP contribution in [0.25, 0.3) is 0 Å². The summed E-state index contributed by atoms with van der Waals surface area (Å²) in [5, 5.41) is 0. The first-order valence-corrected chi connectivity index (χ1v) is 7.75. The SMILES string of the molecule is CC1=CC=CCC1(CC1=[C]([Ti])CC=C1)OC(C)(C)C. The van der Waals surface area contributed by atoms with Gasteiger partial charge in [-0.1, -0.05) is 0 Å². The third kappa shape index (κ3) is 3.59. The van der Waals surface area contributed by atoms with Gasteiger partial charge in [0, 0.05) is 0 Å². The summed E-state index contributed by atoms with van der Waals surface area (Å²) in [5.41, 5.74) is 2.49. The molecular weight excluding hydrogens is 268 g/mol. The number of hydrogen-bond donors (Lipinski definition) is 0. The van der Waals surface area contributed by atoms with E-state index in [-0.39, 0.29) is 11.2 Å². The van der Waals surface area contributed by atoms with Crippen molar-refractivity contribution in [3.8, 4) is 0 Å². The Balaban J connectivity index is 2.30. The first kappa shape index (κ1) is 15.0. The van der Waals surface area contributed by atoms with Crippen LogP contribution in [0.15, 0.2) is 45.4 Å². The van der Waals surface area contributed by atoms with Crippen LogP contribution in [-0.2, 0) is 25.2 Å². The van der Waals surface area contributed by atoms with E-state index in [0.29, 0.717) is 0 Å². The molecule has 2 heteroatoms. The molecule has 1 unspecified atom stereocenters. The van der Waals surface area contributed by atoms with Crippen LogP contribution in [-0.4, -0.2) is 11.2 Å². The number of hydrogen-bond acceptors (Lipinski definition) is 1. The Labute approximate surface area is 128 Å². The Morgan fingerprint density at radius 2 is 2.05 bits per heavy atom. The Hall–Kier alpha value is -0.366. The number of rotatable bonds is 3. The van der Waals surface area contributed by atoms with Crippen molar-refractivity contribution in [3.05, 3.63) is 45.4 Å². The molecule has 0 spiro atoms. The zero-order valence-corrected chi connectivity index (χ0v) is 14.0. The van der Waals surface area contributed by atoms with Crippen molar-refractivity contribution in [2.45, 2.75) is 58.2 Å². The van der Waals surface area contributed by atoms with Gasteiger partial charge >= 0.3 is 129 Å². The average Bonchev–Trinajstić information content (AvgIpc) is 2.67. The molecule has 0 aliphatic heterocycles. The summed E-state index contributed by atoms with van der Waals surface area (Å²) in [7, 11) is 0. The predicted octanol–water partition coefficient (Wildman–Crippen LogP) is 4.60. The maximum atomic E-state index is 6.50. The van der Waals surface area contributed by atoms with Gasteiger partial charge in [-0.2, -0.15) is 0 Å². The van der Waals surface area contributed by atoms with Crippen molar-refractivity contribution in [2.24, 2.45) is 0 Å². The molecule has 2 aliphatic rings. The van der Waals surface area contributed by atoms with Gasteiger partial charge in [0.15, 0.2) is 0 Å². The van der Waals surface area contributed by atoms with E-state index in [1.807, 2.05) is 0 Å². The summed E-state index contributed by atoms with van der Waals surface area (Å²) in [5.74, 6) is 0. The second kappa shape index (κ2) is 5.56. The second-order valence-electron chi connectivity index (χ2n) is 6.48. The monoisotopic (exact) mass is 291 g/mol. The fourth-order valence-electron chi connectivity index (χ4n) is 2.76. The van der Waals surface area contributed by atoms with Crippen molar-refractivity contribution < 1.29 is 25.2 Å². The Morgan fingerprint density at radius 1 is 1.32 bits per heavy atom. The zero-order chi connectivity index (χ0) is 14.1. The van der Waals surface area contributed by atoms with Crippen molar-refractivity contribution in [3.63, 3.8) is 0 Å². The normalized spacial score (nSPS) is 27.0. The van der Waals surface area contributed by atoms with Gasteiger partial charge in [-0.05, 0) is 0 Å². The molecule has 0 N–H and O–H groups in total. The zero-order valence-electron chi connectivity index (χ0n) is 12.4. The maximum absolute atomic E-state index is 6.50. The van der Waals surface area contributed by atoms with E-state index < -0.39 is 0 Å². The van der Waals surface area contributed by atoms with E-state index in [9.17, 15) is 0 Å². The van der Waals surface area contributed by atoms with E-state index in [2.05, 4.69) is 78.5 Å². The molecular formula is C17H23OTi. The van der Waals surface area contributed by atoms with E-state index in [4.69, 9.17) is 4.74 Å². The minimum atomic E-state index is -0.168. The first-order chi connectivity index (χ1) is 8.82. The molecule has 0 saturated heterocycles. The summed E-state index contributed by atoms with van der Waals surface area (Å²) in [6.45, 7) is 8.63. The Kier molecular flexibility index (Phi) is 4.40. The molecule has 0 radical (unpaired) electrons. The van der Waals surface area contributed by atoms with Crippen LogP contribution in [0.3, 0.4) is 0 Å². The van der Waals surface area contributed by atoms with E-state index >= 15 is 0 Å². The van der Waals surface area contributed by atoms with E-state index in [1.165, 1.54) is 15.0 Å². The van der Waals surface area contributed by atoms with Crippen molar-refractivity contribution in [1.82, 2.24) is 0 Å². The van der Waals surface area contributed by atoms with Gasteiger partial charge in [0.25, 0.3) is 0 Å². The predicted molar refractivity (Wildman–Crippen MR) is 76.5 cm³/mol. The quantitative estimate of drug-likeness (QED) is 0.691. The van der Waals surface area contributed by atoms with Crippen molar-refractivity contribution >= 4 is 0 Å². The van der Waals surface area contributed by atoms with Gasteiger partial charge in [0.05, 0.1) is 0 Å². The third-order valence-corrected chi connectivity index (χ3v) is 4.47. The minimum absolute atomic E-state index is 0.128. The number of allylic oxidation sites excluding steroid dienone is 5. The molecule has 0 aromatic carbocycles. The standard InChI is InChI=1S/C17H23O.Ti/c1-14-9-7-8-12-17(14,18-16(2,3)4)13-15-10-5-6-11-15;/h5,7-10H,6,12-13H2,1-4H3;. The summed E-state index contributed by atoms with van der Waals surface area (Å²) in [4.78, 5) is 0. The van der Waals surface area contributed by atoms with Gasteiger partial charge in [-0.3, -0.25) is 0 Å². The first-order valence-electron chi connectivity index (χ1n) is 6.97. The summed E-state index contributed by atoms with van der Waals surface area (Å²) < 4.78 is 7.99. The molecule has 0 heterocycles. The van der Waals surface area contributed by atoms with Crippen LogP contribution in [0.2, 0.25) is 0 Å². The molecule has 19 heavy (non-hydrogen) atoms. The molecule has 0 saturated carbocycles. The van der Waals surface area contributed by atoms with Crippen LogP contribution in [0.5, 0.6) is 0 Å². The molecule has 2 rings (SSSR count).